The molecule has 2 rings (SSSR count). The molecule has 15 heavy (non-hydrogen) atoms. The van der Waals surface area contributed by atoms with Gasteiger partial charge in [0.1, 0.15) is 6.17 Å². The molecule has 0 radical (unpaired) electrons. The number of hydrogen-bond donors (Lipinski definition) is 0. The van der Waals surface area contributed by atoms with Crippen LogP contribution in [0.15, 0.2) is 0 Å². The second-order valence-electron chi connectivity index (χ2n) is 4.21. The third-order valence-electron chi connectivity index (χ3n) is 3.34. The number of ether oxygens (including phenoxy) is 1. The van der Waals surface area contributed by atoms with Gasteiger partial charge in [-0.2, -0.15) is 0 Å². The van der Waals surface area contributed by atoms with Gasteiger partial charge in [0, 0.05) is 25.1 Å². The van der Waals surface area contributed by atoms with Gasteiger partial charge in [0.05, 0.1) is 6.61 Å². The third kappa shape index (κ3) is 2.70. The summed E-state index contributed by atoms with van der Waals surface area (Å²) in [6, 6.07) is 0. The first kappa shape index (κ1) is 12.9. The Morgan fingerprint density at radius 3 is 2.87 bits per heavy atom. The molecule has 2 fully saturated rings. The average molecular weight is 217 g/mol. The van der Waals surface area contributed by atoms with Crippen LogP contribution in [-0.2, 0) is 4.74 Å². The molecule has 0 bridgehead atoms. The summed E-state index contributed by atoms with van der Waals surface area (Å²) in [4.78, 5) is 2.29. The van der Waals surface area contributed by atoms with Crippen molar-refractivity contribution in [1.82, 2.24) is 4.90 Å². The summed E-state index contributed by atoms with van der Waals surface area (Å²) < 4.78 is 18.7. The zero-order chi connectivity index (χ0) is 11.3. The first-order valence-corrected chi connectivity index (χ1v) is 6.24. The Labute approximate surface area is 92.8 Å². The Morgan fingerprint density at radius 2 is 2.20 bits per heavy atom. The lowest BCUT2D eigenvalue weighted by atomic mass is 9.95. The molecule has 2 heterocycles. The number of halogens is 1. The van der Waals surface area contributed by atoms with Crippen LogP contribution in [0.2, 0.25) is 0 Å². The molecule has 2 atom stereocenters. The van der Waals surface area contributed by atoms with Gasteiger partial charge >= 0.3 is 0 Å². The van der Waals surface area contributed by atoms with Crippen LogP contribution in [-0.4, -0.2) is 42.9 Å². The number of alkyl halides is 1. The van der Waals surface area contributed by atoms with E-state index in [1.165, 1.54) is 6.42 Å². The second kappa shape index (κ2) is 5.80. The summed E-state index contributed by atoms with van der Waals surface area (Å²) in [7, 11) is 0. The van der Waals surface area contributed by atoms with Crippen molar-refractivity contribution in [3.8, 4) is 0 Å². The number of rotatable bonds is 3. The third-order valence-corrected chi connectivity index (χ3v) is 3.34. The molecule has 0 spiro atoms. The zero-order valence-corrected chi connectivity index (χ0v) is 10.3. The molecule has 2 aliphatic heterocycles. The molecule has 1 unspecified atom stereocenters. The lowest BCUT2D eigenvalue weighted by Gasteiger charge is -2.30. The van der Waals surface area contributed by atoms with E-state index < -0.39 is 6.17 Å². The topological polar surface area (TPSA) is 12.5 Å². The molecule has 0 amide bonds. The quantitative estimate of drug-likeness (QED) is 0.720. The smallest absolute Gasteiger partial charge is 0.115 e. The first-order valence-electron chi connectivity index (χ1n) is 6.24. The molecule has 0 aliphatic carbocycles. The Kier molecular flexibility index (Phi) is 5.00. The second-order valence-corrected chi connectivity index (χ2v) is 4.21. The van der Waals surface area contributed by atoms with Crippen molar-refractivity contribution in [3.63, 3.8) is 0 Å². The van der Waals surface area contributed by atoms with Crippen LogP contribution < -0.4 is 0 Å². The van der Waals surface area contributed by atoms with Gasteiger partial charge in [0.25, 0.3) is 0 Å². The van der Waals surface area contributed by atoms with Crippen LogP contribution in [0, 0.1) is 0 Å². The molecule has 0 aromatic carbocycles. The maximum absolute atomic E-state index is 13.2. The van der Waals surface area contributed by atoms with Gasteiger partial charge in [0.15, 0.2) is 0 Å². The number of hydrogen-bond acceptors (Lipinski definition) is 2. The summed E-state index contributed by atoms with van der Waals surface area (Å²) in [6.45, 7) is 9.16. The minimum Gasteiger partial charge on any atom is -0.380 e. The number of nitrogens with zero attached hydrogens (tertiary/aromatic N) is 1. The minimum atomic E-state index is -0.624. The summed E-state index contributed by atoms with van der Waals surface area (Å²) in [5.74, 6) is 0. The molecule has 2 nitrogen and oxygen atoms in total. The van der Waals surface area contributed by atoms with Gasteiger partial charge < -0.3 is 4.74 Å². The largest absolute Gasteiger partial charge is 0.380 e. The summed E-state index contributed by atoms with van der Waals surface area (Å²) in [6.07, 6.45) is 2.39. The molecule has 2 saturated heterocycles. The highest BCUT2D eigenvalue weighted by molar-refractivity contribution is 5.03. The van der Waals surface area contributed by atoms with E-state index in [9.17, 15) is 4.39 Å². The van der Waals surface area contributed by atoms with Crippen molar-refractivity contribution in [1.29, 1.82) is 0 Å². The van der Waals surface area contributed by atoms with E-state index in [2.05, 4.69) is 4.90 Å². The van der Waals surface area contributed by atoms with Crippen molar-refractivity contribution in [2.24, 2.45) is 0 Å². The summed E-state index contributed by atoms with van der Waals surface area (Å²) in [5, 5.41) is 0. The Morgan fingerprint density at radius 1 is 1.47 bits per heavy atom. The van der Waals surface area contributed by atoms with Crippen molar-refractivity contribution in [2.75, 3.05) is 26.3 Å². The maximum atomic E-state index is 13.2. The highest BCUT2D eigenvalue weighted by Crippen LogP contribution is 2.40. The number of fused-ring (bicyclic) bond motifs is 1. The highest BCUT2D eigenvalue weighted by atomic mass is 19.1. The monoisotopic (exact) mass is 217 g/mol. The van der Waals surface area contributed by atoms with Crippen molar-refractivity contribution >= 4 is 0 Å². The fourth-order valence-corrected chi connectivity index (χ4v) is 2.74. The standard InChI is InChI=1S/C10H18FNO.C2H6/c1-2-13-8-10-4-3-5-12(10)7-9(11)6-10;1-2/h9H,2-8H2,1H3;1-2H3/t9-,10?;/m1./s1. The SMILES string of the molecule is CC.CCOCC12CCCN1C[C@H](F)C2. The van der Waals surface area contributed by atoms with Crippen molar-refractivity contribution in [3.05, 3.63) is 0 Å². The molecular formula is C12H24FNO. The molecule has 90 valence electrons. The van der Waals surface area contributed by atoms with E-state index in [-0.39, 0.29) is 5.54 Å². The predicted molar refractivity (Wildman–Crippen MR) is 60.9 cm³/mol. The van der Waals surface area contributed by atoms with Gasteiger partial charge in [-0.25, -0.2) is 4.39 Å². The van der Waals surface area contributed by atoms with Gasteiger partial charge in [-0.15, -0.1) is 0 Å². The normalized spacial score (nSPS) is 34.8. The lowest BCUT2D eigenvalue weighted by molar-refractivity contribution is 0.0413. The fourth-order valence-electron chi connectivity index (χ4n) is 2.74. The lowest BCUT2D eigenvalue weighted by Crippen LogP contribution is -2.42. The van der Waals surface area contributed by atoms with E-state index in [1.54, 1.807) is 0 Å². The van der Waals surface area contributed by atoms with E-state index in [4.69, 9.17) is 4.74 Å². The summed E-state index contributed by atoms with van der Waals surface area (Å²) >= 11 is 0. The van der Waals surface area contributed by atoms with Crippen LogP contribution in [0.1, 0.15) is 40.0 Å². The van der Waals surface area contributed by atoms with Gasteiger partial charge in [0.2, 0.25) is 0 Å². The van der Waals surface area contributed by atoms with Crippen LogP contribution >= 0.6 is 0 Å². The Bertz CT molecular complexity index is 188. The van der Waals surface area contributed by atoms with Crippen LogP contribution in [0.4, 0.5) is 4.39 Å². The zero-order valence-electron chi connectivity index (χ0n) is 10.3. The molecule has 0 aromatic rings. The average Bonchev–Trinajstić information content (AvgIpc) is 2.74. The molecule has 3 heteroatoms. The van der Waals surface area contributed by atoms with Gasteiger partial charge in [-0.3, -0.25) is 4.90 Å². The first-order chi connectivity index (χ1) is 7.27. The fraction of sp³-hybridized carbons (Fsp3) is 1.00. The van der Waals surface area contributed by atoms with E-state index in [0.29, 0.717) is 13.0 Å². The summed E-state index contributed by atoms with van der Waals surface area (Å²) in [5.41, 5.74) is 0.0649. The predicted octanol–water partition coefficient (Wildman–Crippen LogP) is 2.63. The van der Waals surface area contributed by atoms with Crippen molar-refractivity contribution < 1.29 is 9.13 Å². The molecular weight excluding hydrogens is 193 g/mol. The minimum absolute atomic E-state index is 0.0649. The van der Waals surface area contributed by atoms with Crippen LogP contribution in [0.25, 0.3) is 0 Å². The molecule has 0 aromatic heterocycles. The Balaban J connectivity index is 0.000000531. The van der Waals surface area contributed by atoms with E-state index >= 15 is 0 Å². The highest BCUT2D eigenvalue weighted by Gasteiger charge is 2.48. The maximum Gasteiger partial charge on any atom is 0.115 e. The van der Waals surface area contributed by atoms with E-state index in [0.717, 1.165) is 26.2 Å². The molecule has 0 saturated carbocycles. The molecule has 0 N–H and O–H groups in total. The molecule has 2 aliphatic rings. The van der Waals surface area contributed by atoms with Gasteiger partial charge in [-0.1, -0.05) is 13.8 Å². The van der Waals surface area contributed by atoms with Crippen LogP contribution in [0.5, 0.6) is 0 Å². The van der Waals surface area contributed by atoms with Crippen LogP contribution in [0.3, 0.4) is 0 Å². The van der Waals surface area contributed by atoms with E-state index in [1.807, 2.05) is 20.8 Å². The van der Waals surface area contributed by atoms with Gasteiger partial charge in [-0.05, 0) is 26.3 Å². The van der Waals surface area contributed by atoms with Crippen molar-refractivity contribution in [2.45, 2.75) is 51.7 Å². The Hall–Kier alpha value is -0.150.